The van der Waals surface area contributed by atoms with Crippen LogP contribution in [0.4, 0.5) is 0 Å². The molecule has 4 rings (SSSR count). The van der Waals surface area contributed by atoms with Crippen LogP contribution in [0.2, 0.25) is 0 Å². The summed E-state index contributed by atoms with van der Waals surface area (Å²) >= 11 is 5.18. The van der Waals surface area contributed by atoms with Crippen LogP contribution in [0, 0.1) is 16.0 Å². The first-order valence-corrected chi connectivity index (χ1v) is 7.22. The Balaban J connectivity index is 1.97. The summed E-state index contributed by atoms with van der Waals surface area (Å²) in [7, 11) is 0. The number of benzene rings is 2. The number of nitrogens with one attached hydrogen (secondary N) is 1. The highest BCUT2D eigenvalue weighted by Gasteiger charge is 2.10. The second-order valence-electron chi connectivity index (χ2n) is 5.04. The molecule has 2 aromatic carbocycles. The van der Waals surface area contributed by atoms with Crippen molar-refractivity contribution < 1.29 is 4.42 Å². The van der Waals surface area contributed by atoms with Crippen LogP contribution >= 0.6 is 12.2 Å². The van der Waals surface area contributed by atoms with Crippen molar-refractivity contribution in [3.63, 3.8) is 0 Å². The third-order valence-corrected chi connectivity index (χ3v) is 4.04. The number of pyridine rings is 1. The van der Waals surface area contributed by atoms with Crippen molar-refractivity contribution in [2.24, 2.45) is 0 Å². The lowest BCUT2D eigenvalue weighted by atomic mass is 10.1. The summed E-state index contributed by atoms with van der Waals surface area (Å²) in [5.74, 6) is 0.710. The van der Waals surface area contributed by atoms with Gasteiger partial charge in [-0.3, -0.25) is 0 Å². The average Bonchev–Trinajstić information content (AvgIpc) is 2.99. The van der Waals surface area contributed by atoms with Gasteiger partial charge >= 0.3 is 0 Å². The van der Waals surface area contributed by atoms with E-state index in [1.807, 2.05) is 36.4 Å². The Morgan fingerprint density at radius 3 is 2.68 bits per heavy atom. The van der Waals surface area contributed by atoms with Gasteiger partial charge in [0.25, 0.3) is 0 Å². The van der Waals surface area contributed by atoms with Crippen molar-refractivity contribution in [2.75, 3.05) is 0 Å². The maximum Gasteiger partial charge on any atom is 0.151 e. The van der Waals surface area contributed by atoms with Crippen LogP contribution in [0.1, 0.15) is 5.56 Å². The molecule has 0 fully saturated rings. The van der Waals surface area contributed by atoms with E-state index >= 15 is 0 Å². The number of nitrogens with zero attached hydrogens (tertiary/aromatic N) is 1. The van der Waals surface area contributed by atoms with Crippen LogP contribution in [-0.2, 0) is 0 Å². The molecule has 22 heavy (non-hydrogen) atoms. The summed E-state index contributed by atoms with van der Waals surface area (Å²) in [5.41, 5.74) is 2.06. The molecule has 3 nitrogen and oxygen atoms in total. The molecule has 0 atom stereocenters. The maximum absolute atomic E-state index is 8.95. The second-order valence-corrected chi connectivity index (χ2v) is 5.44. The molecule has 0 saturated heterocycles. The minimum atomic E-state index is 0.422. The van der Waals surface area contributed by atoms with Gasteiger partial charge in [0, 0.05) is 5.39 Å². The van der Waals surface area contributed by atoms with Gasteiger partial charge in [-0.25, -0.2) is 0 Å². The van der Waals surface area contributed by atoms with Crippen LogP contribution in [0.15, 0.2) is 59.0 Å². The third kappa shape index (κ3) is 1.92. The van der Waals surface area contributed by atoms with Gasteiger partial charge in [-0.2, -0.15) is 5.26 Å². The zero-order valence-corrected chi connectivity index (χ0v) is 12.3. The van der Waals surface area contributed by atoms with Gasteiger partial charge in [-0.05, 0) is 35.0 Å². The van der Waals surface area contributed by atoms with Gasteiger partial charge in [-0.1, -0.05) is 42.5 Å². The van der Waals surface area contributed by atoms with E-state index in [1.165, 1.54) is 5.39 Å². The van der Waals surface area contributed by atoms with Crippen molar-refractivity contribution in [1.29, 1.82) is 5.26 Å². The first kappa shape index (κ1) is 12.8. The molecular weight excluding hydrogens is 292 g/mol. The first-order valence-electron chi connectivity index (χ1n) is 6.81. The van der Waals surface area contributed by atoms with Crippen molar-refractivity contribution in [1.82, 2.24) is 4.98 Å². The summed E-state index contributed by atoms with van der Waals surface area (Å²) in [6.45, 7) is 0. The standard InChI is InChI=1S/C18H10N2OS/c19-10-12-5-7-15(20-18(12)22)17-9-14-13-4-2-1-3-11(13)6-8-16(14)21-17/h1-9H,(H,20,22). The molecule has 0 bridgehead atoms. The second kappa shape index (κ2) is 4.83. The molecule has 0 saturated carbocycles. The molecule has 0 aliphatic rings. The average molecular weight is 302 g/mol. The highest BCUT2D eigenvalue weighted by atomic mass is 32.1. The summed E-state index contributed by atoms with van der Waals surface area (Å²) in [6, 6.07) is 19.8. The van der Waals surface area contributed by atoms with E-state index in [9.17, 15) is 0 Å². The van der Waals surface area contributed by atoms with Gasteiger partial charge in [0.05, 0.1) is 11.3 Å². The Hall–Kier alpha value is -2.90. The Morgan fingerprint density at radius 1 is 1.00 bits per heavy atom. The fourth-order valence-electron chi connectivity index (χ4n) is 2.63. The number of nitriles is 1. The number of hydrogen-bond donors (Lipinski definition) is 1. The zero-order valence-electron chi connectivity index (χ0n) is 11.5. The number of rotatable bonds is 1. The molecule has 0 radical (unpaired) electrons. The maximum atomic E-state index is 8.95. The summed E-state index contributed by atoms with van der Waals surface area (Å²) < 4.78 is 6.35. The van der Waals surface area contributed by atoms with E-state index in [0.717, 1.165) is 22.0 Å². The number of aromatic amines is 1. The molecule has 0 aliphatic carbocycles. The van der Waals surface area contributed by atoms with Gasteiger partial charge in [0.15, 0.2) is 5.76 Å². The molecule has 2 aromatic heterocycles. The minimum absolute atomic E-state index is 0.422. The highest BCUT2D eigenvalue weighted by molar-refractivity contribution is 7.71. The Kier molecular flexibility index (Phi) is 2.81. The SMILES string of the molecule is N#Cc1ccc(-c2cc3c(ccc4ccccc43)o2)[nH]c1=S. The fourth-order valence-corrected chi connectivity index (χ4v) is 2.85. The van der Waals surface area contributed by atoms with Crippen molar-refractivity contribution in [2.45, 2.75) is 0 Å². The van der Waals surface area contributed by atoms with E-state index in [2.05, 4.69) is 23.2 Å². The summed E-state index contributed by atoms with van der Waals surface area (Å²) in [6.07, 6.45) is 0. The number of H-pyrrole nitrogens is 1. The smallest absolute Gasteiger partial charge is 0.151 e. The molecule has 2 heterocycles. The first-order chi connectivity index (χ1) is 10.8. The van der Waals surface area contributed by atoms with Crippen molar-refractivity contribution >= 4 is 34.0 Å². The largest absolute Gasteiger partial charge is 0.455 e. The highest BCUT2D eigenvalue weighted by Crippen LogP contribution is 2.32. The monoisotopic (exact) mass is 302 g/mol. The number of hydrogen-bond acceptors (Lipinski definition) is 3. The zero-order chi connectivity index (χ0) is 15.1. The molecule has 4 aromatic rings. The summed E-state index contributed by atoms with van der Waals surface area (Å²) in [5, 5.41) is 12.3. The quantitative estimate of drug-likeness (QED) is 0.493. The van der Waals surface area contributed by atoms with Gasteiger partial charge < -0.3 is 9.40 Å². The predicted octanol–water partition coefficient (Wildman–Crippen LogP) is 5.18. The molecule has 0 unspecified atom stereocenters. The van der Waals surface area contributed by atoms with Crippen LogP contribution in [0.3, 0.4) is 0 Å². The lowest BCUT2D eigenvalue weighted by Crippen LogP contribution is -1.85. The van der Waals surface area contributed by atoms with E-state index in [-0.39, 0.29) is 0 Å². The third-order valence-electron chi connectivity index (χ3n) is 3.72. The number of fused-ring (bicyclic) bond motifs is 3. The normalized spacial score (nSPS) is 10.9. The van der Waals surface area contributed by atoms with E-state index in [1.54, 1.807) is 6.07 Å². The van der Waals surface area contributed by atoms with E-state index in [0.29, 0.717) is 16.0 Å². The molecule has 4 heteroatoms. The summed E-state index contributed by atoms with van der Waals surface area (Å²) in [4.78, 5) is 3.05. The fraction of sp³-hybridized carbons (Fsp3) is 0. The molecular formula is C18H10N2OS. The lowest BCUT2D eigenvalue weighted by Gasteiger charge is -1.97. The van der Waals surface area contributed by atoms with Crippen LogP contribution in [-0.4, -0.2) is 4.98 Å². The predicted molar refractivity (Wildman–Crippen MR) is 89.1 cm³/mol. The Morgan fingerprint density at radius 2 is 1.86 bits per heavy atom. The Labute approximate surface area is 131 Å². The van der Waals surface area contributed by atoms with Crippen LogP contribution in [0.25, 0.3) is 33.2 Å². The molecule has 0 spiro atoms. The molecule has 1 N–H and O–H groups in total. The molecule has 0 aliphatic heterocycles. The molecule has 104 valence electrons. The van der Waals surface area contributed by atoms with Crippen molar-refractivity contribution in [3.05, 3.63) is 64.8 Å². The van der Waals surface area contributed by atoms with Gasteiger partial charge in [0.1, 0.15) is 16.3 Å². The van der Waals surface area contributed by atoms with Crippen molar-refractivity contribution in [3.8, 4) is 17.5 Å². The van der Waals surface area contributed by atoms with Crippen LogP contribution in [0.5, 0.6) is 0 Å². The molecule has 0 amide bonds. The number of furan rings is 1. The minimum Gasteiger partial charge on any atom is -0.455 e. The lowest BCUT2D eigenvalue weighted by molar-refractivity contribution is 0.629. The number of aromatic nitrogens is 1. The van der Waals surface area contributed by atoms with Gasteiger partial charge in [-0.15, -0.1) is 0 Å². The topological polar surface area (TPSA) is 52.7 Å². The van der Waals surface area contributed by atoms with Gasteiger partial charge in [0.2, 0.25) is 0 Å². The van der Waals surface area contributed by atoms with E-state index < -0.39 is 0 Å². The van der Waals surface area contributed by atoms with E-state index in [4.69, 9.17) is 21.9 Å². The van der Waals surface area contributed by atoms with Crippen LogP contribution < -0.4 is 0 Å². The Bertz CT molecular complexity index is 1120.